The minimum atomic E-state index is -3.72. The molecule has 9 nitrogen and oxygen atoms in total. The number of carbonyl (C=O) groups is 1. The fourth-order valence-corrected chi connectivity index (χ4v) is 4.98. The first-order valence-corrected chi connectivity index (χ1v) is 10.4. The molecule has 1 N–H and O–H groups in total. The molecule has 1 aromatic heterocycles. The Bertz CT molecular complexity index is 783. The summed E-state index contributed by atoms with van der Waals surface area (Å²) in [5.41, 5.74) is 0.261. The molecule has 1 aliphatic heterocycles. The molecular weight excluding hydrogens is 346 g/mol. The summed E-state index contributed by atoms with van der Waals surface area (Å²) < 4.78 is 52.7. The van der Waals surface area contributed by atoms with Gasteiger partial charge in [-0.3, -0.25) is 4.79 Å². The fraction of sp³-hybridized carbons (Fsp3) is 0.667. The second kappa shape index (κ2) is 6.57. The van der Waals surface area contributed by atoms with E-state index in [1.165, 1.54) is 13.1 Å². The van der Waals surface area contributed by atoms with E-state index in [-0.39, 0.29) is 29.5 Å². The number of nitrogens with zero attached hydrogens (tertiary/aromatic N) is 2. The van der Waals surface area contributed by atoms with Gasteiger partial charge >= 0.3 is 0 Å². The highest BCUT2D eigenvalue weighted by atomic mass is 32.2. The van der Waals surface area contributed by atoms with Crippen LogP contribution in [-0.4, -0.2) is 63.3 Å². The van der Waals surface area contributed by atoms with E-state index in [9.17, 15) is 21.6 Å². The van der Waals surface area contributed by atoms with Crippen LogP contribution in [0.1, 0.15) is 17.9 Å². The van der Waals surface area contributed by atoms with E-state index in [0.717, 1.165) is 4.31 Å². The van der Waals surface area contributed by atoms with Crippen molar-refractivity contribution in [2.24, 2.45) is 0 Å². The van der Waals surface area contributed by atoms with Crippen molar-refractivity contribution in [1.29, 1.82) is 0 Å². The number of carbonyl (C=O) groups excluding carboxylic acids is 1. The molecule has 0 bridgehead atoms. The zero-order valence-corrected chi connectivity index (χ0v) is 14.5. The zero-order chi connectivity index (χ0) is 17.3. The monoisotopic (exact) mass is 365 g/mol. The Hall–Kier alpha value is -1.46. The van der Waals surface area contributed by atoms with Gasteiger partial charge in [-0.05, 0) is 13.3 Å². The minimum absolute atomic E-state index is 0.0393. The fourth-order valence-electron chi connectivity index (χ4n) is 2.27. The molecule has 0 aliphatic carbocycles. The summed E-state index contributed by atoms with van der Waals surface area (Å²) in [6, 6.07) is 1.05. The second-order valence-corrected chi connectivity index (χ2v) is 9.91. The first kappa shape index (κ1) is 17.9. The van der Waals surface area contributed by atoms with Crippen molar-refractivity contribution >= 4 is 25.8 Å². The number of hydrogen-bond donors (Lipinski definition) is 1. The molecule has 130 valence electrons. The first-order chi connectivity index (χ1) is 10.6. The number of aryl methyl sites for hydroxylation is 1. The van der Waals surface area contributed by atoms with Crippen molar-refractivity contribution < 1.29 is 26.2 Å². The van der Waals surface area contributed by atoms with Gasteiger partial charge in [0.2, 0.25) is 15.9 Å². The van der Waals surface area contributed by atoms with Crippen molar-refractivity contribution in [3.05, 3.63) is 17.5 Å². The number of rotatable bonds is 6. The van der Waals surface area contributed by atoms with Gasteiger partial charge in [0.15, 0.2) is 9.84 Å². The van der Waals surface area contributed by atoms with E-state index >= 15 is 0 Å². The van der Waals surface area contributed by atoms with Gasteiger partial charge in [-0.2, -0.15) is 4.31 Å². The van der Waals surface area contributed by atoms with E-state index in [1.807, 2.05) is 0 Å². The van der Waals surface area contributed by atoms with E-state index in [2.05, 4.69) is 10.5 Å². The molecule has 2 heterocycles. The van der Waals surface area contributed by atoms with Gasteiger partial charge in [-0.15, -0.1) is 0 Å². The number of aromatic nitrogens is 1. The maximum Gasteiger partial charge on any atom is 0.235 e. The molecule has 0 spiro atoms. The smallest absolute Gasteiger partial charge is 0.235 e. The molecule has 0 aromatic carbocycles. The van der Waals surface area contributed by atoms with Gasteiger partial charge in [-0.25, -0.2) is 16.8 Å². The summed E-state index contributed by atoms with van der Waals surface area (Å²) in [7, 11) is -5.54. The van der Waals surface area contributed by atoms with E-state index in [1.54, 1.807) is 6.92 Å². The molecule has 1 aliphatic rings. The van der Waals surface area contributed by atoms with E-state index < -0.39 is 31.8 Å². The van der Waals surface area contributed by atoms with Gasteiger partial charge in [0.05, 0.1) is 18.1 Å². The van der Waals surface area contributed by atoms with Crippen LogP contribution in [-0.2, 0) is 30.4 Å². The van der Waals surface area contributed by atoms with Crippen LogP contribution in [0.25, 0.3) is 0 Å². The average Bonchev–Trinajstić information content (AvgIpc) is 2.94. The summed E-state index contributed by atoms with van der Waals surface area (Å²) >= 11 is 0. The quantitative estimate of drug-likeness (QED) is 0.688. The Balaban J connectivity index is 1.89. The predicted octanol–water partition coefficient (Wildman–Crippen LogP) is -0.952. The number of nitrogens with one attached hydrogen (secondary N) is 1. The summed E-state index contributed by atoms with van der Waals surface area (Å²) in [5, 5.41) is 6.16. The maximum absolute atomic E-state index is 12.2. The Morgan fingerprint density at radius 2 is 2.22 bits per heavy atom. The lowest BCUT2D eigenvalue weighted by molar-refractivity contribution is -0.121. The van der Waals surface area contributed by atoms with Crippen LogP contribution < -0.4 is 5.32 Å². The molecule has 1 amide bonds. The van der Waals surface area contributed by atoms with Crippen LogP contribution in [0.5, 0.6) is 0 Å². The molecule has 11 heteroatoms. The normalized spacial score (nSPS) is 20.7. The Kier molecular flexibility index (Phi) is 5.11. The van der Waals surface area contributed by atoms with Crippen molar-refractivity contribution in [2.45, 2.75) is 25.1 Å². The van der Waals surface area contributed by atoms with Crippen LogP contribution >= 0.6 is 0 Å². The third-order valence-electron chi connectivity index (χ3n) is 3.45. The first-order valence-electron chi connectivity index (χ1n) is 6.93. The molecule has 1 aromatic rings. The van der Waals surface area contributed by atoms with Crippen molar-refractivity contribution in [2.75, 3.05) is 25.1 Å². The lowest BCUT2D eigenvalue weighted by atomic mass is 10.2. The Morgan fingerprint density at radius 3 is 2.74 bits per heavy atom. The summed E-state index contributed by atoms with van der Waals surface area (Å²) in [6.45, 7) is 1.27. The molecule has 0 saturated carbocycles. The number of hydrogen-bond acceptors (Lipinski definition) is 7. The Labute approximate surface area is 135 Å². The van der Waals surface area contributed by atoms with Crippen molar-refractivity contribution in [3.8, 4) is 0 Å². The van der Waals surface area contributed by atoms with E-state index in [0.29, 0.717) is 12.2 Å². The molecule has 0 radical (unpaired) electrons. The average molecular weight is 365 g/mol. The largest absolute Gasteiger partial charge is 0.361 e. The summed E-state index contributed by atoms with van der Waals surface area (Å²) in [5.74, 6) is -0.468. The summed E-state index contributed by atoms with van der Waals surface area (Å²) in [6.07, 6.45) is 0.350. The topological polar surface area (TPSA) is 127 Å². The number of amides is 1. The number of likely N-dealkylation sites (N-methyl/N-ethyl adjacent to an activating group) is 1. The third-order valence-corrected chi connectivity index (χ3v) is 6.95. The lowest BCUT2D eigenvalue weighted by Gasteiger charge is -2.17. The molecule has 0 unspecified atom stereocenters. The summed E-state index contributed by atoms with van der Waals surface area (Å²) in [4.78, 5) is 11.9. The predicted molar refractivity (Wildman–Crippen MR) is 81.7 cm³/mol. The molecule has 23 heavy (non-hydrogen) atoms. The molecular formula is C12H19N3O6S2. The van der Waals surface area contributed by atoms with E-state index in [4.69, 9.17) is 4.52 Å². The molecule has 1 atom stereocenters. The Morgan fingerprint density at radius 1 is 1.52 bits per heavy atom. The molecule has 1 fully saturated rings. The SMILES string of the molecule is Cc1cc(CS(=O)(=O)N(C)CC(=O)N[C@H]2CCS(=O)(=O)C2)no1. The standard InChI is InChI=1S/C12H19N3O6S2/c1-9-5-11(14-21-9)8-23(19,20)15(2)6-12(16)13-10-3-4-22(17,18)7-10/h5,10H,3-4,6-8H2,1-2H3,(H,13,16)/t10-/m0/s1. The lowest BCUT2D eigenvalue weighted by Crippen LogP contribution is -2.43. The van der Waals surface area contributed by atoms with Crippen LogP contribution in [0.4, 0.5) is 0 Å². The zero-order valence-electron chi connectivity index (χ0n) is 12.9. The molecule has 2 rings (SSSR count). The van der Waals surface area contributed by atoms with Gasteiger partial charge in [-0.1, -0.05) is 5.16 Å². The van der Waals surface area contributed by atoms with Crippen LogP contribution in [0.15, 0.2) is 10.6 Å². The highest BCUT2D eigenvalue weighted by molar-refractivity contribution is 7.91. The second-order valence-electron chi connectivity index (χ2n) is 5.61. The van der Waals surface area contributed by atoms with Crippen molar-refractivity contribution in [3.63, 3.8) is 0 Å². The maximum atomic E-state index is 12.2. The van der Waals surface area contributed by atoms with Crippen LogP contribution in [0.3, 0.4) is 0 Å². The van der Waals surface area contributed by atoms with Crippen LogP contribution in [0, 0.1) is 6.92 Å². The van der Waals surface area contributed by atoms with Gasteiger partial charge in [0.1, 0.15) is 17.2 Å². The number of sulfone groups is 1. The highest BCUT2D eigenvalue weighted by Gasteiger charge is 2.30. The van der Waals surface area contributed by atoms with Gasteiger partial charge in [0, 0.05) is 19.2 Å². The van der Waals surface area contributed by atoms with Gasteiger partial charge in [0.25, 0.3) is 0 Å². The van der Waals surface area contributed by atoms with Gasteiger partial charge < -0.3 is 9.84 Å². The van der Waals surface area contributed by atoms with Crippen molar-refractivity contribution in [1.82, 2.24) is 14.8 Å². The number of sulfonamides is 1. The van der Waals surface area contributed by atoms with Crippen LogP contribution in [0.2, 0.25) is 0 Å². The third kappa shape index (κ3) is 5.01. The highest BCUT2D eigenvalue weighted by Crippen LogP contribution is 2.12. The molecule has 1 saturated heterocycles. The minimum Gasteiger partial charge on any atom is -0.361 e.